The van der Waals surface area contributed by atoms with Crippen molar-refractivity contribution in [3.05, 3.63) is 29.8 Å². The average Bonchev–Trinajstić information content (AvgIpc) is 2.39. The zero-order valence-corrected chi connectivity index (χ0v) is 11.5. The number of piperazine rings is 1. The van der Waals surface area contributed by atoms with E-state index >= 15 is 0 Å². The van der Waals surface area contributed by atoms with Crippen molar-refractivity contribution in [3.8, 4) is 0 Å². The molecule has 1 aliphatic rings. The Morgan fingerprint density at radius 2 is 2.21 bits per heavy atom. The number of nitrogens with one attached hydrogen (secondary N) is 1. The molecule has 1 aromatic rings. The fourth-order valence-electron chi connectivity index (χ4n) is 2.07. The number of amides is 1. The van der Waals surface area contributed by atoms with Crippen molar-refractivity contribution in [2.24, 2.45) is 5.73 Å². The van der Waals surface area contributed by atoms with Crippen molar-refractivity contribution in [2.75, 3.05) is 19.6 Å². The topological polar surface area (TPSA) is 92.5 Å². The fraction of sp³-hybridized carbons (Fsp3) is 0.417. The normalized spacial score (nSPS) is 21.2. The summed E-state index contributed by atoms with van der Waals surface area (Å²) in [5.74, 6) is -0.634. The van der Waals surface area contributed by atoms with Gasteiger partial charge in [0.05, 0.1) is 4.90 Å². The van der Waals surface area contributed by atoms with Crippen molar-refractivity contribution >= 4 is 15.9 Å². The zero-order valence-electron chi connectivity index (χ0n) is 10.7. The zero-order chi connectivity index (χ0) is 14.0. The maximum absolute atomic E-state index is 12.5. The fourth-order valence-corrected chi connectivity index (χ4v) is 3.65. The second kappa shape index (κ2) is 5.28. The molecule has 0 bridgehead atoms. The van der Waals surface area contributed by atoms with Crippen LogP contribution >= 0.6 is 0 Å². The number of sulfonamides is 1. The van der Waals surface area contributed by atoms with Crippen LogP contribution in [0.4, 0.5) is 0 Å². The predicted octanol–water partition coefficient (Wildman–Crippen LogP) is -0.232. The first-order chi connectivity index (χ1) is 8.91. The van der Waals surface area contributed by atoms with Crippen LogP contribution in [0.3, 0.4) is 0 Å². The van der Waals surface area contributed by atoms with E-state index in [1.807, 2.05) is 6.92 Å². The van der Waals surface area contributed by atoms with Crippen molar-refractivity contribution in [1.82, 2.24) is 9.62 Å². The van der Waals surface area contributed by atoms with Crippen LogP contribution in [-0.2, 0) is 10.0 Å². The van der Waals surface area contributed by atoms with Crippen LogP contribution in [0.5, 0.6) is 0 Å². The van der Waals surface area contributed by atoms with Gasteiger partial charge in [0.25, 0.3) is 0 Å². The van der Waals surface area contributed by atoms with Gasteiger partial charge in [0.1, 0.15) is 0 Å². The standard InChI is InChI=1S/C12H17N3O3S/c1-9-8-15(6-5-14-9)19(17,18)11-4-2-3-10(7-11)12(13)16/h2-4,7,9,14H,5-6,8H2,1H3,(H2,13,16)/t9-/m0/s1. The first-order valence-corrected chi connectivity index (χ1v) is 7.48. The number of hydrogen-bond acceptors (Lipinski definition) is 4. The summed E-state index contributed by atoms with van der Waals surface area (Å²) < 4.78 is 26.3. The number of hydrogen-bond donors (Lipinski definition) is 2. The van der Waals surface area contributed by atoms with E-state index in [1.165, 1.54) is 28.6 Å². The highest BCUT2D eigenvalue weighted by molar-refractivity contribution is 7.89. The van der Waals surface area contributed by atoms with Crippen LogP contribution in [0.2, 0.25) is 0 Å². The summed E-state index contributed by atoms with van der Waals surface area (Å²) in [6.45, 7) is 3.40. The van der Waals surface area contributed by atoms with Crippen molar-refractivity contribution in [1.29, 1.82) is 0 Å². The minimum atomic E-state index is -3.57. The van der Waals surface area contributed by atoms with Gasteiger partial charge in [-0.3, -0.25) is 4.79 Å². The Morgan fingerprint density at radius 3 is 2.84 bits per heavy atom. The van der Waals surface area contributed by atoms with E-state index < -0.39 is 15.9 Å². The first-order valence-electron chi connectivity index (χ1n) is 6.04. The smallest absolute Gasteiger partial charge is 0.248 e. The molecule has 1 atom stereocenters. The lowest BCUT2D eigenvalue weighted by Gasteiger charge is -2.31. The van der Waals surface area contributed by atoms with E-state index in [0.717, 1.165) is 0 Å². The lowest BCUT2D eigenvalue weighted by Crippen LogP contribution is -2.51. The molecule has 0 spiro atoms. The Hall–Kier alpha value is -1.44. The molecule has 0 unspecified atom stereocenters. The van der Waals surface area contributed by atoms with Crippen LogP contribution in [0.25, 0.3) is 0 Å². The Balaban J connectivity index is 2.33. The highest BCUT2D eigenvalue weighted by Gasteiger charge is 2.28. The third-order valence-corrected chi connectivity index (χ3v) is 4.95. The summed E-state index contributed by atoms with van der Waals surface area (Å²) in [7, 11) is -3.57. The molecule has 1 aliphatic heterocycles. The lowest BCUT2D eigenvalue weighted by atomic mass is 10.2. The minimum Gasteiger partial charge on any atom is -0.366 e. The van der Waals surface area contributed by atoms with Gasteiger partial charge in [0, 0.05) is 31.2 Å². The quantitative estimate of drug-likeness (QED) is 0.801. The first kappa shape index (κ1) is 14.0. The maximum atomic E-state index is 12.5. The molecule has 1 heterocycles. The molecule has 2 rings (SSSR count). The molecule has 104 valence electrons. The number of carbonyl (C=O) groups is 1. The van der Waals surface area contributed by atoms with E-state index in [2.05, 4.69) is 5.32 Å². The SMILES string of the molecule is C[C@H]1CN(S(=O)(=O)c2cccc(C(N)=O)c2)CCN1. The van der Waals surface area contributed by atoms with Crippen molar-refractivity contribution in [3.63, 3.8) is 0 Å². The van der Waals surface area contributed by atoms with Crippen LogP contribution < -0.4 is 11.1 Å². The van der Waals surface area contributed by atoms with Gasteiger partial charge in [0.15, 0.2) is 0 Å². The Labute approximate surface area is 112 Å². The molecule has 0 saturated carbocycles. The van der Waals surface area contributed by atoms with Crippen LogP contribution in [-0.4, -0.2) is 44.3 Å². The average molecular weight is 283 g/mol. The van der Waals surface area contributed by atoms with Gasteiger partial charge in [0.2, 0.25) is 15.9 Å². The van der Waals surface area contributed by atoms with E-state index in [9.17, 15) is 13.2 Å². The van der Waals surface area contributed by atoms with Crippen molar-refractivity contribution in [2.45, 2.75) is 17.9 Å². The Morgan fingerprint density at radius 1 is 1.47 bits per heavy atom. The molecular formula is C12H17N3O3S. The third kappa shape index (κ3) is 2.94. The van der Waals surface area contributed by atoms with Gasteiger partial charge in [-0.15, -0.1) is 0 Å². The summed E-state index contributed by atoms with van der Waals surface area (Å²) in [4.78, 5) is 11.2. The molecule has 1 saturated heterocycles. The van der Waals surface area contributed by atoms with E-state index in [0.29, 0.717) is 19.6 Å². The molecule has 3 N–H and O–H groups in total. The highest BCUT2D eigenvalue weighted by atomic mass is 32.2. The van der Waals surface area contributed by atoms with E-state index in [-0.39, 0.29) is 16.5 Å². The summed E-state index contributed by atoms with van der Waals surface area (Å²) in [6.07, 6.45) is 0. The molecule has 1 fully saturated rings. The number of nitrogens with zero attached hydrogens (tertiary/aromatic N) is 1. The van der Waals surface area contributed by atoms with Crippen molar-refractivity contribution < 1.29 is 13.2 Å². The monoisotopic (exact) mass is 283 g/mol. The highest BCUT2D eigenvalue weighted by Crippen LogP contribution is 2.18. The molecule has 0 radical (unpaired) electrons. The molecule has 1 aromatic carbocycles. The maximum Gasteiger partial charge on any atom is 0.248 e. The largest absolute Gasteiger partial charge is 0.366 e. The Bertz CT molecular complexity index is 586. The molecule has 19 heavy (non-hydrogen) atoms. The second-order valence-electron chi connectivity index (χ2n) is 4.61. The molecule has 6 nitrogen and oxygen atoms in total. The van der Waals surface area contributed by atoms with Gasteiger partial charge in [-0.1, -0.05) is 6.07 Å². The number of primary amides is 1. The number of benzene rings is 1. The molecule has 0 aliphatic carbocycles. The van der Waals surface area contributed by atoms with Gasteiger partial charge >= 0.3 is 0 Å². The van der Waals surface area contributed by atoms with Gasteiger partial charge in [-0.2, -0.15) is 4.31 Å². The van der Waals surface area contributed by atoms with E-state index in [4.69, 9.17) is 5.73 Å². The summed E-state index contributed by atoms with van der Waals surface area (Å²) >= 11 is 0. The number of carbonyl (C=O) groups excluding carboxylic acids is 1. The predicted molar refractivity (Wildman–Crippen MR) is 71.2 cm³/mol. The Kier molecular flexibility index (Phi) is 3.88. The number of nitrogens with two attached hydrogens (primary N) is 1. The van der Waals surface area contributed by atoms with Gasteiger partial charge < -0.3 is 11.1 Å². The summed E-state index contributed by atoms with van der Waals surface area (Å²) in [6, 6.07) is 5.95. The molecule has 1 amide bonds. The third-order valence-electron chi connectivity index (χ3n) is 3.09. The minimum absolute atomic E-state index is 0.109. The van der Waals surface area contributed by atoms with Gasteiger partial charge in [-0.25, -0.2) is 8.42 Å². The van der Waals surface area contributed by atoms with Crippen LogP contribution in [0.15, 0.2) is 29.2 Å². The van der Waals surface area contributed by atoms with E-state index in [1.54, 1.807) is 0 Å². The summed E-state index contributed by atoms with van der Waals surface area (Å²) in [5.41, 5.74) is 5.37. The van der Waals surface area contributed by atoms with Crippen LogP contribution in [0, 0.1) is 0 Å². The molecule has 0 aromatic heterocycles. The lowest BCUT2D eigenvalue weighted by molar-refractivity contribution is 0.1000. The molecule has 7 heteroatoms. The van der Waals surface area contributed by atoms with Gasteiger partial charge in [-0.05, 0) is 25.1 Å². The molecular weight excluding hydrogens is 266 g/mol. The van der Waals surface area contributed by atoms with Crippen LogP contribution in [0.1, 0.15) is 17.3 Å². The summed E-state index contributed by atoms with van der Waals surface area (Å²) in [5, 5.41) is 3.18. The number of rotatable bonds is 3. The second-order valence-corrected chi connectivity index (χ2v) is 6.55.